The molecule has 1 heterocycles. The van der Waals surface area contributed by atoms with Crippen LogP contribution in [0.25, 0.3) is 0 Å². The zero-order valence-corrected chi connectivity index (χ0v) is 24.2. The highest BCUT2D eigenvalue weighted by molar-refractivity contribution is 6.00. The third-order valence-corrected chi connectivity index (χ3v) is 7.95. The molecule has 7 nitrogen and oxygen atoms in total. The molecule has 7 heteroatoms. The zero-order chi connectivity index (χ0) is 27.9. The maximum atomic E-state index is 13.3. The van der Waals surface area contributed by atoms with Crippen molar-refractivity contribution in [3.63, 3.8) is 0 Å². The quantitative estimate of drug-likeness (QED) is 0.321. The number of hydrogen-bond acceptors (Lipinski definition) is 6. The van der Waals surface area contributed by atoms with Crippen LogP contribution in [0.1, 0.15) is 67.8 Å². The molecule has 2 fully saturated rings. The monoisotopic (exact) mass is 536 g/mol. The molecule has 0 N–H and O–H groups in total. The first-order valence-corrected chi connectivity index (χ1v) is 14.3. The van der Waals surface area contributed by atoms with Crippen molar-refractivity contribution in [3.8, 4) is 11.5 Å². The Labute approximate surface area is 233 Å². The molecule has 1 saturated carbocycles. The average Bonchev–Trinajstić information content (AvgIpc) is 3.79. The van der Waals surface area contributed by atoms with Gasteiger partial charge >= 0.3 is 5.97 Å². The fourth-order valence-electron chi connectivity index (χ4n) is 5.62. The van der Waals surface area contributed by atoms with Gasteiger partial charge in [-0.1, -0.05) is 26.0 Å². The second-order valence-corrected chi connectivity index (χ2v) is 11.5. The van der Waals surface area contributed by atoms with E-state index in [2.05, 4.69) is 30.9 Å². The minimum absolute atomic E-state index is 0.0448. The van der Waals surface area contributed by atoms with E-state index < -0.39 is 0 Å². The van der Waals surface area contributed by atoms with Crippen LogP contribution in [0.15, 0.2) is 42.5 Å². The first-order valence-electron chi connectivity index (χ1n) is 14.3. The predicted octanol–water partition coefficient (Wildman–Crippen LogP) is 5.78. The Morgan fingerprint density at radius 2 is 1.74 bits per heavy atom. The van der Waals surface area contributed by atoms with Crippen molar-refractivity contribution in [3.05, 3.63) is 53.6 Å². The number of carbonyl (C=O) groups is 2. The second kappa shape index (κ2) is 13.2. The minimum Gasteiger partial charge on any atom is -0.497 e. The number of rotatable bonds is 12. The van der Waals surface area contributed by atoms with Crippen LogP contribution < -0.4 is 14.4 Å². The molecule has 0 bridgehead atoms. The normalized spacial score (nSPS) is 16.6. The van der Waals surface area contributed by atoms with E-state index in [0.29, 0.717) is 30.8 Å². The number of anilines is 1. The van der Waals surface area contributed by atoms with Crippen molar-refractivity contribution in [2.45, 2.75) is 51.9 Å². The van der Waals surface area contributed by atoms with Gasteiger partial charge in [-0.2, -0.15) is 0 Å². The molecule has 2 aromatic rings. The summed E-state index contributed by atoms with van der Waals surface area (Å²) < 4.78 is 16.7. The van der Waals surface area contributed by atoms with Crippen LogP contribution in [0.3, 0.4) is 0 Å². The van der Waals surface area contributed by atoms with Crippen LogP contribution in [0.4, 0.5) is 5.69 Å². The maximum absolute atomic E-state index is 13.3. The van der Waals surface area contributed by atoms with Gasteiger partial charge in [0, 0.05) is 32.7 Å². The summed E-state index contributed by atoms with van der Waals surface area (Å²) in [7, 11) is 4.99. The van der Waals surface area contributed by atoms with E-state index in [-0.39, 0.29) is 17.8 Å². The van der Waals surface area contributed by atoms with Crippen LogP contribution in [0, 0.1) is 17.8 Å². The summed E-state index contributed by atoms with van der Waals surface area (Å²) in [6.07, 6.45) is 4.73. The Morgan fingerprint density at radius 1 is 1.00 bits per heavy atom. The molecule has 0 aromatic heterocycles. The van der Waals surface area contributed by atoms with E-state index >= 15 is 0 Å². The molecular weight excluding hydrogens is 492 g/mol. The molecule has 1 aliphatic carbocycles. The average molecular weight is 537 g/mol. The van der Waals surface area contributed by atoms with Crippen molar-refractivity contribution in [1.82, 2.24) is 4.90 Å². The third kappa shape index (κ3) is 7.68. The molecule has 1 unspecified atom stereocenters. The second-order valence-electron chi connectivity index (χ2n) is 11.5. The Balaban J connectivity index is 1.36. The molecule has 1 aliphatic heterocycles. The molecule has 1 saturated heterocycles. The zero-order valence-electron chi connectivity index (χ0n) is 24.2. The highest BCUT2D eigenvalue weighted by atomic mass is 16.5. The number of nitrogens with zero attached hydrogens (tertiary/aromatic N) is 2. The number of carbonyl (C=O) groups excluding carboxylic acids is 2. The third-order valence-electron chi connectivity index (χ3n) is 7.95. The van der Waals surface area contributed by atoms with Crippen LogP contribution in [0.2, 0.25) is 0 Å². The molecule has 39 heavy (non-hydrogen) atoms. The van der Waals surface area contributed by atoms with Gasteiger partial charge in [-0.3, -0.25) is 9.59 Å². The molecule has 212 valence electrons. The maximum Gasteiger partial charge on any atom is 0.306 e. The SMILES string of the molecule is COC(=O)CC(c1cccc(OCC2CCN(c3cc(OC)ccc3C(=O)N(C)CC(C)C)CC2)c1)C1CC1. The number of hydrogen-bond donors (Lipinski definition) is 0. The Bertz CT molecular complexity index is 1120. The van der Waals surface area contributed by atoms with Gasteiger partial charge in [-0.15, -0.1) is 0 Å². The van der Waals surface area contributed by atoms with Crippen molar-refractivity contribution in [1.29, 1.82) is 0 Å². The Kier molecular flexibility index (Phi) is 9.76. The molecule has 1 amide bonds. The minimum atomic E-state index is -0.155. The van der Waals surface area contributed by atoms with Crippen molar-refractivity contribution < 1.29 is 23.8 Å². The number of piperidine rings is 1. The largest absolute Gasteiger partial charge is 0.497 e. The van der Waals surface area contributed by atoms with Crippen LogP contribution in [-0.2, 0) is 9.53 Å². The molecule has 0 radical (unpaired) electrons. The number of amides is 1. The van der Waals surface area contributed by atoms with Gasteiger partial charge in [-0.05, 0) is 79.2 Å². The molecule has 2 aliphatic rings. The highest BCUT2D eigenvalue weighted by Crippen LogP contribution is 2.45. The fraction of sp³-hybridized carbons (Fsp3) is 0.562. The van der Waals surface area contributed by atoms with E-state index in [0.717, 1.165) is 60.8 Å². The number of benzene rings is 2. The van der Waals surface area contributed by atoms with Gasteiger partial charge in [0.15, 0.2) is 0 Å². The summed E-state index contributed by atoms with van der Waals surface area (Å²) >= 11 is 0. The van der Waals surface area contributed by atoms with E-state index in [1.807, 2.05) is 42.3 Å². The topological polar surface area (TPSA) is 68.3 Å². The van der Waals surface area contributed by atoms with Crippen molar-refractivity contribution >= 4 is 17.6 Å². The first-order chi connectivity index (χ1) is 18.8. The molecule has 2 aromatic carbocycles. The smallest absolute Gasteiger partial charge is 0.306 e. The van der Waals surface area contributed by atoms with E-state index in [9.17, 15) is 9.59 Å². The van der Waals surface area contributed by atoms with Gasteiger partial charge < -0.3 is 24.0 Å². The van der Waals surface area contributed by atoms with E-state index in [1.54, 1.807) is 7.11 Å². The summed E-state index contributed by atoms with van der Waals surface area (Å²) in [5.74, 6) is 3.11. The first kappa shape index (κ1) is 28.8. The number of esters is 1. The summed E-state index contributed by atoms with van der Waals surface area (Å²) in [6.45, 7) is 7.33. The number of methoxy groups -OCH3 is 2. The molecule has 4 rings (SSSR count). The van der Waals surface area contributed by atoms with E-state index in [4.69, 9.17) is 14.2 Å². The summed E-state index contributed by atoms with van der Waals surface area (Å²) in [5.41, 5.74) is 2.83. The van der Waals surface area contributed by atoms with Crippen molar-refractivity contribution in [2.75, 3.05) is 52.4 Å². The van der Waals surface area contributed by atoms with Crippen LogP contribution in [-0.4, -0.2) is 64.3 Å². The van der Waals surface area contributed by atoms with Gasteiger partial charge in [0.1, 0.15) is 11.5 Å². The van der Waals surface area contributed by atoms with Crippen LogP contribution in [0.5, 0.6) is 11.5 Å². The standard InChI is InChI=1S/C32H44N2O5/c1-22(2)20-33(3)32(36)28-12-11-26(37-4)18-30(28)34-15-13-23(14-16-34)21-39-27-8-6-7-25(17-27)29(24-9-10-24)19-31(35)38-5/h6-8,11-12,17-18,22-24,29H,9-10,13-16,19-21H2,1-5H3. The van der Waals surface area contributed by atoms with Crippen LogP contribution >= 0.6 is 0 Å². The lowest BCUT2D eigenvalue weighted by Crippen LogP contribution is -2.38. The Hall–Kier alpha value is -3.22. The molecule has 0 spiro atoms. The van der Waals surface area contributed by atoms with Crippen molar-refractivity contribution in [2.24, 2.45) is 17.8 Å². The summed E-state index contributed by atoms with van der Waals surface area (Å²) in [5, 5.41) is 0. The molecular formula is C32H44N2O5. The summed E-state index contributed by atoms with van der Waals surface area (Å²) in [4.78, 5) is 29.4. The lowest BCUT2D eigenvalue weighted by atomic mass is 9.91. The van der Waals surface area contributed by atoms with Gasteiger partial charge in [0.2, 0.25) is 0 Å². The predicted molar refractivity (Wildman–Crippen MR) is 154 cm³/mol. The Morgan fingerprint density at radius 3 is 2.38 bits per heavy atom. The molecule has 1 atom stereocenters. The van der Waals surface area contributed by atoms with E-state index in [1.165, 1.54) is 20.0 Å². The lowest BCUT2D eigenvalue weighted by molar-refractivity contribution is -0.141. The fourth-order valence-corrected chi connectivity index (χ4v) is 5.62. The summed E-state index contributed by atoms with van der Waals surface area (Å²) in [6, 6.07) is 14.0. The van der Waals surface area contributed by atoms with Gasteiger partial charge in [0.05, 0.1) is 38.5 Å². The number of ether oxygens (including phenoxy) is 3. The highest BCUT2D eigenvalue weighted by Gasteiger charge is 2.34. The van der Waals surface area contributed by atoms with Gasteiger partial charge in [-0.25, -0.2) is 0 Å². The lowest BCUT2D eigenvalue weighted by Gasteiger charge is -2.35. The van der Waals surface area contributed by atoms with Gasteiger partial charge in [0.25, 0.3) is 5.91 Å².